The molecule has 0 bridgehead atoms. The number of hydrogen-bond acceptors (Lipinski definition) is 5. The van der Waals surface area contributed by atoms with Gasteiger partial charge in [-0.1, -0.05) is 41.9 Å². The van der Waals surface area contributed by atoms with Crippen LogP contribution in [0.3, 0.4) is 0 Å². The third kappa shape index (κ3) is 3.60. The van der Waals surface area contributed by atoms with Gasteiger partial charge in [0.05, 0.1) is 28.6 Å². The third-order valence-corrected chi connectivity index (χ3v) is 4.78. The molecule has 0 aliphatic heterocycles. The largest absolute Gasteiger partial charge is 0.496 e. The van der Waals surface area contributed by atoms with E-state index in [4.69, 9.17) is 25.5 Å². The molecule has 1 heterocycles. The molecule has 144 valence electrons. The molecule has 0 aliphatic carbocycles. The lowest BCUT2D eigenvalue weighted by atomic mass is 10.0. The van der Waals surface area contributed by atoms with Gasteiger partial charge < -0.3 is 13.9 Å². The van der Waals surface area contributed by atoms with Crippen LogP contribution >= 0.6 is 11.6 Å². The van der Waals surface area contributed by atoms with Crippen LogP contribution in [0.5, 0.6) is 11.5 Å². The van der Waals surface area contributed by atoms with Gasteiger partial charge in [-0.15, -0.1) is 0 Å². The quantitative estimate of drug-likeness (QED) is 0.338. The maximum Gasteiger partial charge on any atom is 0.345 e. The fourth-order valence-corrected chi connectivity index (χ4v) is 3.23. The van der Waals surface area contributed by atoms with Crippen LogP contribution in [0.4, 0.5) is 0 Å². The van der Waals surface area contributed by atoms with Crippen molar-refractivity contribution in [2.24, 2.45) is 0 Å². The van der Waals surface area contributed by atoms with Gasteiger partial charge in [0.1, 0.15) is 23.3 Å². The van der Waals surface area contributed by atoms with Gasteiger partial charge in [0.2, 0.25) is 5.43 Å². The fourth-order valence-electron chi connectivity index (χ4n) is 3.01. The number of carbonyl (C=O) groups is 1. The first kappa shape index (κ1) is 18.8. The van der Waals surface area contributed by atoms with Crippen molar-refractivity contribution in [2.45, 2.75) is 0 Å². The van der Waals surface area contributed by atoms with Crippen LogP contribution in [0.25, 0.3) is 22.1 Å². The van der Waals surface area contributed by atoms with E-state index in [0.717, 1.165) is 0 Å². The smallest absolute Gasteiger partial charge is 0.345 e. The van der Waals surface area contributed by atoms with E-state index >= 15 is 0 Å². The zero-order chi connectivity index (χ0) is 20.4. The van der Waals surface area contributed by atoms with Crippen molar-refractivity contribution in [3.05, 3.63) is 93.8 Å². The number of esters is 1. The Hall–Kier alpha value is -3.57. The minimum absolute atomic E-state index is 0.209. The predicted octanol–water partition coefficient (Wildman–Crippen LogP) is 5.34. The van der Waals surface area contributed by atoms with E-state index in [-0.39, 0.29) is 16.7 Å². The average Bonchev–Trinajstić information content (AvgIpc) is 2.74. The zero-order valence-corrected chi connectivity index (χ0v) is 16.1. The van der Waals surface area contributed by atoms with Gasteiger partial charge in [0.15, 0.2) is 0 Å². The molecule has 5 nitrogen and oxygen atoms in total. The van der Waals surface area contributed by atoms with Gasteiger partial charge in [-0.2, -0.15) is 0 Å². The number of benzene rings is 3. The Morgan fingerprint density at radius 1 is 0.966 bits per heavy atom. The minimum Gasteiger partial charge on any atom is -0.496 e. The first-order valence-electron chi connectivity index (χ1n) is 8.74. The van der Waals surface area contributed by atoms with Crippen LogP contribution in [0, 0.1) is 0 Å². The molecule has 6 heteroatoms. The van der Waals surface area contributed by atoms with Gasteiger partial charge in [-0.3, -0.25) is 4.79 Å². The van der Waals surface area contributed by atoms with E-state index in [0.29, 0.717) is 32.9 Å². The highest BCUT2D eigenvalue weighted by Gasteiger charge is 2.16. The van der Waals surface area contributed by atoms with Crippen molar-refractivity contribution in [1.82, 2.24) is 0 Å². The van der Waals surface area contributed by atoms with Crippen molar-refractivity contribution in [2.75, 3.05) is 7.11 Å². The number of halogens is 1. The number of rotatable bonds is 4. The molecule has 1 aromatic heterocycles. The van der Waals surface area contributed by atoms with Crippen molar-refractivity contribution in [3.8, 4) is 22.6 Å². The van der Waals surface area contributed by atoms with Crippen molar-refractivity contribution in [1.29, 1.82) is 0 Å². The normalized spacial score (nSPS) is 10.7. The average molecular weight is 407 g/mol. The number of carbonyl (C=O) groups excluding carboxylic acids is 1. The highest BCUT2D eigenvalue weighted by molar-refractivity contribution is 6.33. The predicted molar refractivity (Wildman–Crippen MR) is 111 cm³/mol. The monoisotopic (exact) mass is 406 g/mol. The van der Waals surface area contributed by atoms with Crippen LogP contribution < -0.4 is 14.9 Å². The summed E-state index contributed by atoms with van der Waals surface area (Å²) in [6, 6.07) is 18.4. The Bertz CT molecular complexity index is 1280. The summed E-state index contributed by atoms with van der Waals surface area (Å²) in [7, 11) is 1.54. The lowest BCUT2D eigenvalue weighted by Gasteiger charge is -2.09. The van der Waals surface area contributed by atoms with E-state index in [1.165, 1.54) is 12.3 Å². The second kappa shape index (κ2) is 7.81. The number of methoxy groups -OCH3 is 1. The maximum absolute atomic E-state index is 13.0. The van der Waals surface area contributed by atoms with E-state index in [9.17, 15) is 9.59 Å². The summed E-state index contributed by atoms with van der Waals surface area (Å²) < 4.78 is 16.4. The molecule has 0 saturated carbocycles. The Kier molecular flexibility index (Phi) is 5.06. The Labute approximate surface area is 171 Å². The SMILES string of the molecule is COc1ccccc1-c1coc2cc(OC(=O)c3ccccc3Cl)ccc2c1=O. The second-order valence-electron chi connectivity index (χ2n) is 6.21. The number of fused-ring (bicyclic) bond motifs is 1. The van der Waals surface area contributed by atoms with E-state index in [1.54, 1.807) is 55.6 Å². The number of ether oxygens (including phenoxy) is 2. The molecular formula is C23H15ClO5. The summed E-state index contributed by atoms with van der Waals surface area (Å²) in [5.74, 6) is 0.225. The molecule has 0 unspecified atom stereocenters. The summed E-state index contributed by atoms with van der Waals surface area (Å²) in [5, 5.41) is 0.664. The molecule has 4 rings (SSSR count). The molecule has 3 aromatic carbocycles. The highest BCUT2D eigenvalue weighted by Crippen LogP contribution is 2.29. The molecule has 29 heavy (non-hydrogen) atoms. The van der Waals surface area contributed by atoms with Gasteiger partial charge in [0.25, 0.3) is 0 Å². The molecule has 0 spiro atoms. The number of para-hydroxylation sites is 1. The molecule has 0 N–H and O–H groups in total. The lowest BCUT2D eigenvalue weighted by Crippen LogP contribution is -2.10. The van der Waals surface area contributed by atoms with Gasteiger partial charge >= 0.3 is 5.97 Å². The van der Waals surface area contributed by atoms with E-state index in [1.807, 2.05) is 12.1 Å². The molecule has 0 saturated heterocycles. The fraction of sp³-hybridized carbons (Fsp3) is 0.0435. The Morgan fingerprint density at radius 3 is 2.52 bits per heavy atom. The first-order chi connectivity index (χ1) is 14.1. The second-order valence-corrected chi connectivity index (χ2v) is 6.61. The van der Waals surface area contributed by atoms with Crippen LogP contribution in [0.1, 0.15) is 10.4 Å². The maximum atomic E-state index is 13.0. The molecule has 0 fully saturated rings. The topological polar surface area (TPSA) is 65.7 Å². The standard InChI is InChI=1S/C23H15ClO5/c1-27-20-9-5-3-6-15(20)18-13-28-21-12-14(10-11-17(21)22(18)25)29-23(26)16-7-2-4-8-19(16)24/h2-13H,1H3. The third-order valence-electron chi connectivity index (χ3n) is 4.45. The minimum atomic E-state index is -0.595. The van der Waals surface area contributed by atoms with Crippen molar-refractivity contribution < 1.29 is 18.7 Å². The molecule has 0 amide bonds. The highest BCUT2D eigenvalue weighted by atomic mass is 35.5. The molecule has 0 aliphatic rings. The van der Waals surface area contributed by atoms with Crippen molar-refractivity contribution >= 4 is 28.5 Å². The summed E-state index contributed by atoms with van der Waals surface area (Å²) in [6.07, 6.45) is 1.38. The zero-order valence-electron chi connectivity index (χ0n) is 15.3. The van der Waals surface area contributed by atoms with Gasteiger partial charge in [0, 0.05) is 11.6 Å². The Balaban J connectivity index is 1.70. The Morgan fingerprint density at radius 2 is 1.72 bits per heavy atom. The molecule has 0 radical (unpaired) electrons. The van der Waals surface area contributed by atoms with E-state index < -0.39 is 5.97 Å². The van der Waals surface area contributed by atoms with Crippen LogP contribution in [0.15, 0.2) is 82.2 Å². The lowest BCUT2D eigenvalue weighted by molar-refractivity contribution is 0.0735. The summed E-state index contributed by atoms with van der Waals surface area (Å²) >= 11 is 6.03. The van der Waals surface area contributed by atoms with E-state index in [2.05, 4.69) is 0 Å². The van der Waals surface area contributed by atoms with Gasteiger partial charge in [-0.25, -0.2) is 4.79 Å². The van der Waals surface area contributed by atoms with Gasteiger partial charge in [-0.05, 0) is 30.3 Å². The van der Waals surface area contributed by atoms with Crippen molar-refractivity contribution in [3.63, 3.8) is 0 Å². The molecule has 4 aromatic rings. The number of hydrogen-bond donors (Lipinski definition) is 0. The summed E-state index contributed by atoms with van der Waals surface area (Å²) in [6.45, 7) is 0. The molecular weight excluding hydrogens is 392 g/mol. The summed E-state index contributed by atoms with van der Waals surface area (Å²) in [4.78, 5) is 25.3. The molecule has 0 atom stereocenters. The van der Waals surface area contributed by atoms with Crippen LogP contribution in [0.2, 0.25) is 5.02 Å². The first-order valence-corrected chi connectivity index (χ1v) is 9.12. The van der Waals surface area contributed by atoms with Crippen LogP contribution in [-0.4, -0.2) is 13.1 Å². The van der Waals surface area contributed by atoms with Crippen LogP contribution in [-0.2, 0) is 0 Å². The summed E-state index contributed by atoms with van der Waals surface area (Å²) in [5.41, 5.74) is 1.37.